The molecule has 0 aliphatic rings. The Morgan fingerprint density at radius 3 is 2.73 bits per heavy atom. The fourth-order valence-corrected chi connectivity index (χ4v) is 2.94. The largest absolute Gasteiger partial charge is 0.493 e. The molecule has 0 saturated carbocycles. The van der Waals surface area contributed by atoms with E-state index in [0.717, 1.165) is 5.56 Å². The second-order valence-electron chi connectivity index (χ2n) is 5.50. The first kappa shape index (κ1) is 19.5. The summed E-state index contributed by atoms with van der Waals surface area (Å²) in [5, 5.41) is 9.44. The van der Waals surface area contributed by atoms with Crippen LogP contribution in [-0.2, 0) is 0 Å². The molecule has 132 valence electrons. The Labute approximate surface area is 161 Å². The number of hydrogen-bond acceptors (Lipinski definition) is 4. The van der Waals surface area contributed by atoms with Crippen LogP contribution in [0, 0.1) is 18.3 Å². The van der Waals surface area contributed by atoms with Gasteiger partial charge in [0.2, 0.25) is 5.78 Å². The van der Waals surface area contributed by atoms with Gasteiger partial charge in [0.25, 0.3) is 0 Å². The van der Waals surface area contributed by atoms with Crippen molar-refractivity contribution in [2.24, 2.45) is 0 Å². The van der Waals surface area contributed by atoms with Crippen LogP contribution in [0.1, 0.15) is 21.5 Å². The second kappa shape index (κ2) is 9.02. The average Bonchev–Trinajstić information content (AvgIpc) is 2.64. The zero-order valence-electron chi connectivity index (χ0n) is 14.6. The molecule has 0 heterocycles. The highest BCUT2D eigenvalue weighted by Gasteiger charge is 2.15. The fourth-order valence-electron chi connectivity index (χ4n) is 2.36. The molecule has 0 radical (unpaired) electrons. The van der Waals surface area contributed by atoms with E-state index in [1.54, 1.807) is 36.4 Å². The van der Waals surface area contributed by atoms with Gasteiger partial charge in [0, 0.05) is 5.56 Å². The molecule has 4 nitrogen and oxygen atoms in total. The molecule has 0 N–H and O–H groups in total. The van der Waals surface area contributed by atoms with Gasteiger partial charge in [-0.25, -0.2) is 0 Å². The van der Waals surface area contributed by atoms with E-state index in [2.05, 4.69) is 22.5 Å². The molecule has 0 amide bonds. The van der Waals surface area contributed by atoms with E-state index >= 15 is 0 Å². The number of nitrogens with zero attached hydrogens (tertiary/aromatic N) is 1. The first-order valence-corrected chi connectivity index (χ1v) is 8.63. The number of allylic oxidation sites excluding steroid dienone is 1. The third-order valence-electron chi connectivity index (χ3n) is 3.55. The van der Waals surface area contributed by atoms with Gasteiger partial charge in [-0.05, 0) is 52.7 Å². The third-order valence-corrected chi connectivity index (χ3v) is 4.14. The van der Waals surface area contributed by atoms with Crippen LogP contribution in [0.4, 0.5) is 0 Å². The summed E-state index contributed by atoms with van der Waals surface area (Å²) < 4.78 is 11.6. The van der Waals surface area contributed by atoms with Crippen LogP contribution in [0.2, 0.25) is 0 Å². The lowest BCUT2D eigenvalue weighted by molar-refractivity contribution is 0.104. The predicted octanol–water partition coefficient (Wildman–Crippen LogP) is 5.12. The van der Waals surface area contributed by atoms with Gasteiger partial charge in [-0.15, -0.1) is 0 Å². The monoisotopic (exact) mass is 411 g/mol. The molecule has 5 heteroatoms. The van der Waals surface area contributed by atoms with Crippen molar-refractivity contribution < 1.29 is 14.3 Å². The van der Waals surface area contributed by atoms with Crippen LogP contribution in [0.3, 0.4) is 0 Å². The number of nitriles is 1. The molecule has 0 aromatic heterocycles. The molecule has 0 unspecified atom stereocenters. The highest BCUT2D eigenvalue weighted by molar-refractivity contribution is 9.10. The Balaban J connectivity index is 2.42. The minimum atomic E-state index is -0.321. The van der Waals surface area contributed by atoms with Crippen molar-refractivity contribution >= 4 is 27.8 Å². The fraction of sp³-hybridized carbons (Fsp3) is 0.143. The molecule has 0 aliphatic carbocycles. The number of carbonyl (C=O) groups is 1. The number of methoxy groups -OCH3 is 1. The van der Waals surface area contributed by atoms with Gasteiger partial charge in [0.05, 0.1) is 11.6 Å². The van der Waals surface area contributed by atoms with Crippen molar-refractivity contribution in [3.05, 3.63) is 75.8 Å². The van der Waals surface area contributed by atoms with Gasteiger partial charge in [0.1, 0.15) is 18.2 Å². The summed E-state index contributed by atoms with van der Waals surface area (Å²) >= 11 is 3.44. The normalized spacial score (nSPS) is 10.8. The zero-order valence-corrected chi connectivity index (χ0v) is 16.2. The van der Waals surface area contributed by atoms with Gasteiger partial charge in [0.15, 0.2) is 11.5 Å². The van der Waals surface area contributed by atoms with E-state index in [4.69, 9.17) is 9.47 Å². The maximum absolute atomic E-state index is 12.6. The molecule has 0 atom stereocenters. The molecule has 2 aromatic rings. The van der Waals surface area contributed by atoms with Crippen molar-refractivity contribution in [2.45, 2.75) is 6.92 Å². The van der Waals surface area contributed by atoms with Gasteiger partial charge in [-0.1, -0.05) is 36.4 Å². The first-order chi connectivity index (χ1) is 12.5. The summed E-state index contributed by atoms with van der Waals surface area (Å²) in [5.74, 6) is 0.708. The minimum Gasteiger partial charge on any atom is -0.493 e. The Morgan fingerprint density at radius 2 is 2.12 bits per heavy atom. The van der Waals surface area contributed by atoms with E-state index in [-0.39, 0.29) is 11.4 Å². The summed E-state index contributed by atoms with van der Waals surface area (Å²) in [5.41, 5.74) is 2.14. The number of aryl methyl sites for hydroxylation is 1. The van der Waals surface area contributed by atoms with E-state index in [1.807, 2.05) is 19.1 Å². The lowest BCUT2D eigenvalue weighted by Crippen LogP contribution is -2.02. The molecule has 2 aromatic carbocycles. The smallest absolute Gasteiger partial charge is 0.203 e. The van der Waals surface area contributed by atoms with Crippen LogP contribution in [0.15, 0.2) is 59.1 Å². The summed E-state index contributed by atoms with van der Waals surface area (Å²) in [4.78, 5) is 12.6. The quantitative estimate of drug-likeness (QED) is 0.274. The second-order valence-corrected chi connectivity index (χ2v) is 6.36. The predicted molar refractivity (Wildman–Crippen MR) is 105 cm³/mol. The Kier molecular flexibility index (Phi) is 6.76. The number of rotatable bonds is 7. The van der Waals surface area contributed by atoms with E-state index in [0.29, 0.717) is 33.7 Å². The van der Waals surface area contributed by atoms with E-state index in [1.165, 1.54) is 13.2 Å². The number of carbonyl (C=O) groups excluding carboxylic acids is 1. The maximum Gasteiger partial charge on any atom is 0.203 e. The molecule has 26 heavy (non-hydrogen) atoms. The van der Waals surface area contributed by atoms with Crippen LogP contribution >= 0.6 is 15.9 Å². The molecular formula is C21H18BrNO3. The summed E-state index contributed by atoms with van der Waals surface area (Å²) in [6.07, 6.45) is 3.17. The number of benzene rings is 2. The number of Topliss-reactive ketones (excluding diaryl/α,β-unsaturated/α-hetero) is 1. The van der Waals surface area contributed by atoms with Gasteiger partial charge < -0.3 is 9.47 Å². The minimum absolute atomic E-state index is 0.0457. The van der Waals surface area contributed by atoms with Crippen LogP contribution in [-0.4, -0.2) is 19.5 Å². The molecular weight excluding hydrogens is 394 g/mol. The van der Waals surface area contributed by atoms with Crippen molar-refractivity contribution in [2.75, 3.05) is 13.7 Å². The molecule has 0 saturated heterocycles. The maximum atomic E-state index is 12.6. The Morgan fingerprint density at radius 1 is 1.35 bits per heavy atom. The summed E-state index contributed by atoms with van der Waals surface area (Å²) in [7, 11) is 1.53. The third kappa shape index (κ3) is 4.62. The summed E-state index contributed by atoms with van der Waals surface area (Å²) in [6, 6.07) is 12.6. The molecule has 0 aliphatic heterocycles. The highest BCUT2D eigenvalue weighted by Crippen LogP contribution is 2.37. The first-order valence-electron chi connectivity index (χ1n) is 7.84. The highest BCUT2D eigenvalue weighted by atomic mass is 79.9. The number of ketones is 1. The molecule has 2 rings (SSSR count). The van der Waals surface area contributed by atoms with Gasteiger partial charge >= 0.3 is 0 Å². The van der Waals surface area contributed by atoms with Crippen LogP contribution in [0.5, 0.6) is 11.5 Å². The van der Waals surface area contributed by atoms with Crippen molar-refractivity contribution in [3.8, 4) is 17.6 Å². The Bertz CT molecular complexity index is 910. The lowest BCUT2D eigenvalue weighted by Gasteiger charge is -2.12. The van der Waals surface area contributed by atoms with Crippen molar-refractivity contribution in [1.29, 1.82) is 5.26 Å². The van der Waals surface area contributed by atoms with E-state index in [9.17, 15) is 10.1 Å². The number of halogens is 1. The average molecular weight is 412 g/mol. The number of ether oxygens (including phenoxy) is 2. The molecule has 0 bridgehead atoms. The van der Waals surface area contributed by atoms with Crippen molar-refractivity contribution in [3.63, 3.8) is 0 Å². The van der Waals surface area contributed by atoms with Crippen LogP contribution in [0.25, 0.3) is 6.08 Å². The number of hydrogen-bond donors (Lipinski definition) is 0. The van der Waals surface area contributed by atoms with Crippen molar-refractivity contribution in [1.82, 2.24) is 0 Å². The van der Waals surface area contributed by atoms with Crippen LogP contribution < -0.4 is 9.47 Å². The lowest BCUT2D eigenvalue weighted by atomic mass is 10.0. The van der Waals surface area contributed by atoms with Gasteiger partial charge in [-0.2, -0.15) is 5.26 Å². The zero-order chi connectivity index (χ0) is 19.1. The van der Waals surface area contributed by atoms with E-state index < -0.39 is 0 Å². The Hall–Kier alpha value is -2.84. The van der Waals surface area contributed by atoms with Gasteiger partial charge in [-0.3, -0.25) is 4.79 Å². The molecule has 0 fully saturated rings. The SMILES string of the molecule is C=CCOc1c(Br)cc(/C=C(\C#N)C(=O)c2cccc(C)c2)cc1OC. The topological polar surface area (TPSA) is 59.3 Å². The summed E-state index contributed by atoms with van der Waals surface area (Å²) in [6.45, 7) is 5.85. The standard InChI is InChI=1S/C21H18BrNO3/c1-4-8-26-21-18(22)11-15(12-19(21)25-3)10-17(13-23)20(24)16-7-5-6-14(2)9-16/h4-7,9-12H,1,8H2,2-3H3/b17-10+. The molecule has 0 spiro atoms.